The summed E-state index contributed by atoms with van der Waals surface area (Å²) in [5.41, 5.74) is 1.80. The van der Waals surface area contributed by atoms with Crippen molar-refractivity contribution in [1.29, 1.82) is 0 Å². The molecule has 0 aliphatic heterocycles. The van der Waals surface area contributed by atoms with Gasteiger partial charge in [-0.15, -0.1) is 6.42 Å². The number of benzene rings is 2. The SMILES string of the molecule is C#CCn1c(=NC(=O)Cc2ccc(S(C)(=O)=O)cc2)sc2cc(C(=O)OC)ccc21. The lowest BCUT2D eigenvalue weighted by Crippen LogP contribution is -2.17. The first-order chi connectivity index (χ1) is 14.2. The van der Waals surface area contributed by atoms with Gasteiger partial charge in [0.2, 0.25) is 0 Å². The fourth-order valence-electron chi connectivity index (χ4n) is 2.82. The Morgan fingerprint density at radius 3 is 2.50 bits per heavy atom. The largest absolute Gasteiger partial charge is 0.465 e. The number of aromatic nitrogens is 1. The van der Waals surface area contributed by atoms with Crippen molar-refractivity contribution in [2.75, 3.05) is 13.4 Å². The molecule has 0 N–H and O–H groups in total. The predicted molar refractivity (Wildman–Crippen MR) is 114 cm³/mol. The lowest BCUT2D eigenvalue weighted by molar-refractivity contribution is -0.117. The summed E-state index contributed by atoms with van der Waals surface area (Å²) in [6, 6.07) is 11.1. The second kappa shape index (κ2) is 8.65. The van der Waals surface area contributed by atoms with Gasteiger partial charge in [0.1, 0.15) is 0 Å². The number of hydrogen-bond donors (Lipinski definition) is 0. The number of amides is 1. The zero-order valence-electron chi connectivity index (χ0n) is 16.3. The molecule has 0 bridgehead atoms. The summed E-state index contributed by atoms with van der Waals surface area (Å²) in [5.74, 6) is 1.69. The van der Waals surface area contributed by atoms with Crippen LogP contribution in [0.3, 0.4) is 0 Å². The van der Waals surface area contributed by atoms with Crippen LogP contribution in [0, 0.1) is 12.3 Å². The van der Waals surface area contributed by atoms with Gasteiger partial charge >= 0.3 is 5.97 Å². The molecule has 0 saturated heterocycles. The summed E-state index contributed by atoms with van der Waals surface area (Å²) in [5, 5.41) is 0. The smallest absolute Gasteiger partial charge is 0.337 e. The first-order valence-electron chi connectivity index (χ1n) is 8.74. The van der Waals surface area contributed by atoms with E-state index in [1.54, 1.807) is 34.9 Å². The minimum absolute atomic E-state index is 0.0156. The van der Waals surface area contributed by atoms with E-state index in [2.05, 4.69) is 10.9 Å². The molecule has 9 heteroatoms. The van der Waals surface area contributed by atoms with Crippen molar-refractivity contribution in [3.05, 3.63) is 58.4 Å². The zero-order chi connectivity index (χ0) is 21.9. The second-order valence-corrected chi connectivity index (χ2v) is 9.47. The number of ether oxygens (including phenoxy) is 1. The Labute approximate surface area is 177 Å². The molecule has 3 aromatic rings. The third-order valence-electron chi connectivity index (χ3n) is 4.28. The summed E-state index contributed by atoms with van der Waals surface area (Å²) in [6.07, 6.45) is 6.61. The molecule has 2 aromatic carbocycles. The highest BCUT2D eigenvalue weighted by atomic mass is 32.2. The maximum absolute atomic E-state index is 12.5. The van der Waals surface area contributed by atoms with Gasteiger partial charge < -0.3 is 9.30 Å². The number of hydrogen-bond acceptors (Lipinski definition) is 6. The number of nitrogens with zero attached hydrogens (tertiary/aromatic N) is 2. The van der Waals surface area contributed by atoms with E-state index < -0.39 is 21.7 Å². The van der Waals surface area contributed by atoms with Gasteiger partial charge in [-0.2, -0.15) is 4.99 Å². The van der Waals surface area contributed by atoms with Crippen LogP contribution in [0.15, 0.2) is 52.4 Å². The van der Waals surface area contributed by atoms with Crippen molar-refractivity contribution >= 4 is 43.3 Å². The summed E-state index contributed by atoms with van der Waals surface area (Å²) < 4.78 is 30.3. The number of terminal acetylenes is 1. The van der Waals surface area contributed by atoms with Crippen LogP contribution in [0.25, 0.3) is 10.2 Å². The lowest BCUT2D eigenvalue weighted by atomic mass is 10.1. The molecular formula is C21H18N2O5S2. The van der Waals surface area contributed by atoms with E-state index in [4.69, 9.17) is 11.2 Å². The third kappa shape index (κ3) is 4.67. The quantitative estimate of drug-likeness (QED) is 0.446. The summed E-state index contributed by atoms with van der Waals surface area (Å²) in [7, 11) is -1.99. The van der Waals surface area contributed by atoms with Gasteiger partial charge in [0.15, 0.2) is 14.6 Å². The van der Waals surface area contributed by atoms with Crippen molar-refractivity contribution in [1.82, 2.24) is 4.57 Å². The van der Waals surface area contributed by atoms with Crippen LogP contribution < -0.4 is 4.80 Å². The van der Waals surface area contributed by atoms with Gasteiger partial charge in [-0.25, -0.2) is 13.2 Å². The van der Waals surface area contributed by atoms with E-state index in [-0.39, 0.29) is 17.9 Å². The molecule has 30 heavy (non-hydrogen) atoms. The Balaban J connectivity index is 1.95. The van der Waals surface area contributed by atoms with E-state index in [1.165, 1.54) is 30.6 Å². The Kier molecular flexibility index (Phi) is 6.20. The highest BCUT2D eigenvalue weighted by molar-refractivity contribution is 7.90. The molecule has 154 valence electrons. The Hall–Kier alpha value is -3.22. The molecule has 1 aromatic heterocycles. The van der Waals surface area contributed by atoms with Crippen molar-refractivity contribution in [2.45, 2.75) is 17.9 Å². The molecule has 0 atom stereocenters. The standard InChI is InChI=1S/C21H18N2O5S2/c1-4-11-23-17-10-7-15(20(25)28-2)13-18(17)29-21(23)22-19(24)12-14-5-8-16(9-6-14)30(3,26)27/h1,5-10,13H,11-12H2,2-3H3. The van der Waals surface area contributed by atoms with Gasteiger partial charge in [0, 0.05) is 6.26 Å². The van der Waals surface area contributed by atoms with Gasteiger partial charge in [-0.3, -0.25) is 4.79 Å². The van der Waals surface area contributed by atoms with Crippen molar-refractivity contribution in [2.24, 2.45) is 4.99 Å². The van der Waals surface area contributed by atoms with Crippen molar-refractivity contribution < 1.29 is 22.7 Å². The number of thiazole rings is 1. The van der Waals surface area contributed by atoms with Gasteiger partial charge in [0.05, 0.1) is 40.8 Å². The number of carbonyl (C=O) groups is 2. The zero-order valence-corrected chi connectivity index (χ0v) is 17.9. The van der Waals surface area contributed by atoms with Crippen LogP contribution >= 0.6 is 11.3 Å². The third-order valence-corrected chi connectivity index (χ3v) is 6.45. The van der Waals surface area contributed by atoms with Gasteiger partial charge in [-0.05, 0) is 35.9 Å². The molecule has 0 unspecified atom stereocenters. The number of carbonyl (C=O) groups excluding carboxylic acids is 2. The lowest BCUT2D eigenvalue weighted by Gasteiger charge is -2.02. The van der Waals surface area contributed by atoms with E-state index in [0.717, 1.165) is 16.5 Å². The fraction of sp³-hybridized carbons (Fsp3) is 0.190. The van der Waals surface area contributed by atoms with E-state index in [1.807, 2.05) is 0 Å². The minimum Gasteiger partial charge on any atom is -0.465 e. The van der Waals surface area contributed by atoms with Crippen molar-refractivity contribution in [3.8, 4) is 12.3 Å². The van der Waals surface area contributed by atoms with E-state index in [0.29, 0.717) is 15.9 Å². The topological polar surface area (TPSA) is 94.8 Å². The van der Waals surface area contributed by atoms with E-state index in [9.17, 15) is 18.0 Å². The first kappa shape index (κ1) is 21.5. The Morgan fingerprint density at radius 2 is 1.90 bits per heavy atom. The average Bonchev–Trinajstić information content (AvgIpc) is 3.03. The van der Waals surface area contributed by atoms with Crippen LogP contribution in [-0.4, -0.2) is 38.2 Å². The molecular weight excluding hydrogens is 424 g/mol. The highest BCUT2D eigenvalue weighted by Crippen LogP contribution is 2.20. The molecule has 0 fully saturated rings. The number of sulfone groups is 1. The molecule has 7 nitrogen and oxygen atoms in total. The second-order valence-electron chi connectivity index (χ2n) is 6.45. The molecule has 0 aliphatic rings. The normalized spacial score (nSPS) is 12.0. The maximum atomic E-state index is 12.5. The molecule has 0 aliphatic carbocycles. The minimum atomic E-state index is -3.30. The predicted octanol–water partition coefficient (Wildman–Crippen LogP) is 2.20. The number of esters is 1. The van der Waals surface area contributed by atoms with Gasteiger partial charge in [-0.1, -0.05) is 29.4 Å². The molecule has 1 heterocycles. The van der Waals surface area contributed by atoms with Crippen LogP contribution in [0.4, 0.5) is 0 Å². The molecule has 0 radical (unpaired) electrons. The Morgan fingerprint density at radius 1 is 1.20 bits per heavy atom. The average molecular weight is 443 g/mol. The number of fused-ring (bicyclic) bond motifs is 1. The summed E-state index contributed by atoms with van der Waals surface area (Å²) in [4.78, 5) is 29.1. The van der Waals surface area contributed by atoms with Crippen LogP contribution in [0.1, 0.15) is 15.9 Å². The molecule has 1 amide bonds. The van der Waals surface area contributed by atoms with Crippen LogP contribution in [0.5, 0.6) is 0 Å². The number of methoxy groups -OCH3 is 1. The first-order valence-corrected chi connectivity index (χ1v) is 11.5. The molecule has 0 saturated carbocycles. The van der Waals surface area contributed by atoms with Crippen LogP contribution in [-0.2, 0) is 32.3 Å². The number of rotatable bonds is 5. The van der Waals surface area contributed by atoms with E-state index >= 15 is 0 Å². The van der Waals surface area contributed by atoms with Crippen molar-refractivity contribution in [3.63, 3.8) is 0 Å². The fourth-order valence-corrected chi connectivity index (χ4v) is 4.54. The summed E-state index contributed by atoms with van der Waals surface area (Å²) >= 11 is 1.24. The monoisotopic (exact) mass is 442 g/mol. The highest BCUT2D eigenvalue weighted by Gasteiger charge is 2.12. The van der Waals surface area contributed by atoms with Crippen LogP contribution in [0.2, 0.25) is 0 Å². The maximum Gasteiger partial charge on any atom is 0.337 e. The van der Waals surface area contributed by atoms with Gasteiger partial charge in [0.25, 0.3) is 5.91 Å². The Bertz CT molecular complexity index is 1340. The summed E-state index contributed by atoms with van der Waals surface area (Å²) in [6.45, 7) is 0.215. The molecule has 3 rings (SSSR count). The molecule has 0 spiro atoms.